The third-order valence-electron chi connectivity index (χ3n) is 5.86. The van der Waals surface area contributed by atoms with E-state index >= 15 is 0 Å². The number of hydrogen-bond acceptors (Lipinski definition) is 4. The molecular formula is C22H26N4O4. The highest BCUT2D eigenvalue weighted by Gasteiger charge is 2.33. The molecule has 4 N–H and O–H groups in total. The number of aromatic amines is 1. The van der Waals surface area contributed by atoms with Gasteiger partial charge in [0.25, 0.3) is 5.91 Å². The second kappa shape index (κ2) is 8.69. The molecule has 1 saturated heterocycles. The molecule has 30 heavy (non-hydrogen) atoms. The Balaban J connectivity index is 1.41. The van der Waals surface area contributed by atoms with Crippen LogP contribution in [-0.4, -0.2) is 47.6 Å². The Hall–Kier alpha value is -3.16. The maximum atomic E-state index is 12.9. The van der Waals surface area contributed by atoms with Crippen molar-refractivity contribution in [2.24, 2.45) is 11.8 Å². The monoisotopic (exact) mass is 410 g/mol. The molecule has 1 saturated carbocycles. The van der Waals surface area contributed by atoms with Gasteiger partial charge in [0, 0.05) is 23.4 Å². The summed E-state index contributed by atoms with van der Waals surface area (Å²) in [5.74, 6) is -0.702. The molecule has 2 heterocycles. The van der Waals surface area contributed by atoms with E-state index in [1.54, 1.807) is 6.07 Å². The number of hydrogen-bond donors (Lipinski definition) is 4. The number of aromatic nitrogens is 1. The Morgan fingerprint density at radius 3 is 2.60 bits per heavy atom. The van der Waals surface area contributed by atoms with Crippen molar-refractivity contribution in [3.8, 4) is 0 Å². The molecule has 2 aliphatic rings. The van der Waals surface area contributed by atoms with Gasteiger partial charge in [0.15, 0.2) is 0 Å². The van der Waals surface area contributed by atoms with E-state index in [1.165, 1.54) is 0 Å². The van der Waals surface area contributed by atoms with Gasteiger partial charge in [-0.2, -0.15) is 0 Å². The van der Waals surface area contributed by atoms with Crippen molar-refractivity contribution in [2.45, 2.75) is 44.2 Å². The van der Waals surface area contributed by atoms with E-state index in [0.29, 0.717) is 37.3 Å². The van der Waals surface area contributed by atoms with Crippen LogP contribution in [-0.2, 0) is 14.4 Å². The fourth-order valence-electron chi connectivity index (χ4n) is 3.96. The Morgan fingerprint density at radius 1 is 1.13 bits per heavy atom. The number of nitrogens with one attached hydrogen (secondary N) is 4. The fourth-order valence-corrected chi connectivity index (χ4v) is 3.96. The standard InChI is InChI=1S/C22H26N4O4/c27-12-16(10-15-7-8-23-20(15)28)24-21(29)18(9-13-5-6-13)26-22(30)19-11-14-3-1-2-4-17(14)25-19/h1-4,11-13,15-16,18,25H,5-10H2,(H,23,28)(H,24,29)(H,26,30)/t15-,16-,18-/m0/s1. The summed E-state index contributed by atoms with van der Waals surface area (Å²) in [5.41, 5.74) is 1.24. The molecule has 1 aliphatic carbocycles. The fraction of sp³-hybridized carbons (Fsp3) is 0.455. The summed E-state index contributed by atoms with van der Waals surface area (Å²) in [4.78, 5) is 52.0. The van der Waals surface area contributed by atoms with Crippen LogP contribution >= 0.6 is 0 Å². The summed E-state index contributed by atoms with van der Waals surface area (Å²) >= 11 is 0. The molecule has 1 aromatic carbocycles. The molecule has 158 valence electrons. The van der Waals surface area contributed by atoms with E-state index in [1.807, 2.05) is 24.3 Å². The predicted octanol–water partition coefficient (Wildman–Crippen LogP) is 1.28. The van der Waals surface area contributed by atoms with Crippen molar-refractivity contribution >= 4 is 34.9 Å². The number of carbonyl (C=O) groups excluding carboxylic acids is 4. The van der Waals surface area contributed by atoms with Crippen LogP contribution in [0.15, 0.2) is 30.3 Å². The zero-order chi connectivity index (χ0) is 21.1. The smallest absolute Gasteiger partial charge is 0.268 e. The van der Waals surface area contributed by atoms with Crippen LogP contribution in [0.1, 0.15) is 42.6 Å². The highest BCUT2D eigenvalue weighted by atomic mass is 16.2. The number of para-hydroxylation sites is 1. The minimum absolute atomic E-state index is 0.0854. The lowest BCUT2D eigenvalue weighted by Crippen LogP contribution is -2.50. The highest BCUT2D eigenvalue weighted by molar-refractivity contribution is 6.00. The maximum Gasteiger partial charge on any atom is 0.268 e. The molecule has 3 amide bonds. The van der Waals surface area contributed by atoms with Gasteiger partial charge >= 0.3 is 0 Å². The summed E-state index contributed by atoms with van der Waals surface area (Å²) in [6.07, 6.45) is 4.19. The molecule has 4 rings (SSSR count). The molecule has 0 bridgehead atoms. The summed E-state index contributed by atoms with van der Waals surface area (Å²) in [5, 5.41) is 9.19. The largest absolute Gasteiger partial charge is 0.356 e. The Morgan fingerprint density at radius 2 is 1.93 bits per heavy atom. The SMILES string of the molecule is O=C[C@H](C[C@@H]1CCNC1=O)NC(=O)[C@H](CC1CC1)NC(=O)c1cc2ccccc2[nH]1. The van der Waals surface area contributed by atoms with Gasteiger partial charge in [-0.3, -0.25) is 14.4 Å². The summed E-state index contributed by atoms with van der Waals surface area (Å²) in [7, 11) is 0. The normalized spacial score (nSPS) is 20.4. The number of fused-ring (bicyclic) bond motifs is 1. The van der Waals surface area contributed by atoms with Crippen molar-refractivity contribution in [2.75, 3.05) is 6.54 Å². The lowest BCUT2D eigenvalue weighted by molar-refractivity contribution is -0.127. The quantitative estimate of drug-likeness (QED) is 0.465. The minimum atomic E-state index is -0.752. The number of H-pyrrole nitrogens is 1. The zero-order valence-electron chi connectivity index (χ0n) is 16.6. The van der Waals surface area contributed by atoms with E-state index in [4.69, 9.17) is 0 Å². The van der Waals surface area contributed by atoms with Crippen LogP contribution in [0.25, 0.3) is 10.9 Å². The summed E-state index contributed by atoms with van der Waals surface area (Å²) in [6.45, 7) is 0.591. The van der Waals surface area contributed by atoms with Crippen LogP contribution in [0.2, 0.25) is 0 Å². The predicted molar refractivity (Wildman–Crippen MR) is 111 cm³/mol. The van der Waals surface area contributed by atoms with Gasteiger partial charge < -0.3 is 25.7 Å². The van der Waals surface area contributed by atoms with Crippen molar-refractivity contribution in [1.82, 2.24) is 20.9 Å². The first-order valence-corrected chi connectivity index (χ1v) is 10.5. The van der Waals surface area contributed by atoms with Crippen LogP contribution in [0.4, 0.5) is 0 Å². The van der Waals surface area contributed by atoms with Crippen LogP contribution in [0.3, 0.4) is 0 Å². The molecule has 8 heteroatoms. The number of rotatable bonds is 9. The van der Waals surface area contributed by atoms with E-state index in [9.17, 15) is 19.2 Å². The molecule has 0 radical (unpaired) electrons. The number of benzene rings is 1. The Kier molecular flexibility index (Phi) is 5.83. The zero-order valence-corrected chi connectivity index (χ0v) is 16.6. The molecule has 2 fully saturated rings. The van der Waals surface area contributed by atoms with E-state index in [0.717, 1.165) is 23.7 Å². The highest BCUT2D eigenvalue weighted by Crippen LogP contribution is 2.33. The number of amides is 3. The molecule has 0 unspecified atom stereocenters. The molecule has 8 nitrogen and oxygen atoms in total. The average molecular weight is 410 g/mol. The Labute approximate surface area is 174 Å². The van der Waals surface area contributed by atoms with E-state index < -0.39 is 12.1 Å². The first kappa shape index (κ1) is 20.1. The average Bonchev–Trinajstić information content (AvgIpc) is 3.30. The van der Waals surface area contributed by atoms with Gasteiger partial charge in [0.1, 0.15) is 18.0 Å². The van der Waals surface area contributed by atoms with Crippen molar-refractivity contribution in [3.05, 3.63) is 36.0 Å². The van der Waals surface area contributed by atoms with Crippen molar-refractivity contribution in [3.63, 3.8) is 0 Å². The lowest BCUT2D eigenvalue weighted by atomic mass is 9.98. The molecule has 1 aromatic heterocycles. The lowest BCUT2D eigenvalue weighted by Gasteiger charge is -2.21. The summed E-state index contributed by atoms with van der Waals surface area (Å²) < 4.78 is 0. The molecule has 3 atom stereocenters. The third kappa shape index (κ3) is 4.69. The van der Waals surface area contributed by atoms with Gasteiger partial charge in [0.05, 0.1) is 6.04 Å². The molecule has 0 spiro atoms. The first-order chi connectivity index (χ1) is 14.5. The summed E-state index contributed by atoms with van der Waals surface area (Å²) in [6, 6.07) is 7.84. The van der Waals surface area contributed by atoms with E-state index in [2.05, 4.69) is 20.9 Å². The van der Waals surface area contributed by atoms with Crippen molar-refractivity contribution in [1.29, 1.82) is 0 Å². The molecular weight excluding hydrogens is 384 g/mol. The maximum absolute atomic E-state index is 12.9. The number of carbonyl (C=O) groups is 4. The Bertz CT molecular complexity index is 932. The van der Waals surface area contributed by atoms with Gasteiger partial charge in [-0.05, 0) is 37.3 Å². The number of aldehydes is 1. The van der Waals surface area contributed by atoms with Crippen molar-refractivity contribution < 1.29 is 19.2 Å². The molecule has 1 aliphatic heterocycles. The van der Waals surface area contributed by atoms with Gasteiger partial charge in [-0.15, -0.1) is 0 Å². The third-order valence-corrected chi connectivity index (χ3v) is 5.86. The second-order valence-corrected chi connectivity index (χ2v) is 8.24. The van der Waals surface area contributed by atoms with E-state index in [-0.39, 0.29) is 30.1 Å². The minimum Gasteiger partial charge on any atom is -0.356 e. The van der Waals surface area contributed by atoms with Crippen LogP contribution in [0.5, 0.6) is 0 Å². The van der Waals surface area contributed by atoms with Crippen LogP contribution < -0.4 is 16.0 Å². The van der Waals surface area contributed by atoms with Crippen LogP contribution in [0, 0.1) is 11.8 Å². The van der Waals surface area contributed by atoms with Gasteiger partial charge in [0.2, 0.25) is 11.8 Å². The molecule has 2 aromatic rings. The van der Waals surface area contributed by atoms with Gasteiger partial charge in [-0.25, -0.2) is 0 Å². The van der Waals surface area contributed by atoms with Gasteiger partial charge in [-0.1, -0.05) is 31.0 Å². The first-order valence-electron chi connectivity index (χ1n) is 10.5. The topological polar surface area (TPSA) is 120 Å². The second-order valence-electron chi connectivity index (χ2n) is 8.24.